The largest absolute Gasteiger partial charge is 0.443 e. The second kappa shape index (κ2) is 7.97. The van der Waals surface area contributed by atoms with E-state index in [4.69, 9.17) is 9.57 Å². The normalized spacial score (nSPS) is 17.3. The highest BCUT2D eigenvalue weighted by molar-refractivity contribution is 5.95. The maximum absolute atomic E-state index is 12.7. The summed E-state index contributed by atoms with van der Waals surface area (Å²) in [5.74, 6) is 0.428. The molecule has 26 heavy (non-hydrogen) atoms. The molecule has 1 aromatic rings. The first-order valence-corrected chi connectivity index (χ1v) is 8.42. The van der Waals surface area contributed by atoms with Crippen molar-refractivity contribution in [3.05, 3.63) is 35.4 Å². The third-order valence-electron chi connectivity index (χ3n) is 3.61. The molecule has 0 spiro atoms. The van der Waals surface area contributed by atoms with Gasteiger partial charge in [0.25, 0.3) is 0 Å². The van der Waals surface area contributed by atoms with Gasteiger partial charge in [-0.3, -0.25) is 4.90 Å². The van der Waals surface area contributed by atoms with Crippen molar-refractivity contribution in [1.29, 1.82) is 0 Å². The summed E-state index contributed by atoms with van der Waals surface area (Å²) in [5, 5.41) is 3.96. The van der Waals surface area contributed by atoms with Crippen LogP contribution >= 0.6 is 0 Å². The number of oxime groups is 1. The number of likely N-dealkylation sites (tertiary alicyclic amines) is 1. The van der Waals surface area contributed by atoms with Gasteiger partial charge in [-0.1, -0.05) is 17.3 Å². The first-order chi connectivity index (χ1) is 12.1. The van der Waals surface area contributed by atoms with E-state index in [1.807, 2.05) is 0 Å². The smallest absolute Gasteiger partial charge is 0.416 e. The Morgan fingerprint density at radius 3 is 2.62 bits per heavy atom. The maximum Gasteiger partial charge on any atom is 0.416 e. The highest BCUT2D eigenvalue weighted by Gasteiger charge is 2.30. The van der Waals surface area contributed by atoms with Gasteiger partial charge in [0.1, 0.15) is 12.2 Å². The van der Waals surface area contributed by atoms with Crippen LogP contribution in [-0.2, 0) is 22.4 Å². The average Bonchev–Trinajstić information content (AvgIpc) is 2.53. The first-order valence-electron chi connectivity index (χ1n) is 8.42. The van der Waals surface area contributed by atoms with Gasteiger partial charge in [0.15, 0.2) is 5.84 Å². The van der Waals surface area contributed by atoms with Crippen LogP contribution in [0.5, 0.6) is 0 Å². The van der Waals surface area contributed by atoms with Crippen molar-refractivity contribution in [2.75, 3.05) is 6.54 Å². The molecule has 0 radical (unpaired) electrons. The van der Waals surface area contributed by atoms with Gasteiger partial charge in [-0.15, -0.1) is 0 Å². The molecule has 1 fully saturated rings. The highest BCUT2D eigenvalue weighted by atomic mass is 19.4. The van der Waals surface area contributed by atoms with Gasteiger partial charge in [0.2, 0.25) is 0 Å². The molecule has 1 aromatic carbocycles. The fraction of sp³-hybridized carbons (Fsp3) is 0.556. The zero-order valence-electron chi connectivity index (χ0n) is 15.1. The number of benzene rings is 1. The molecule has 144 valence electrons. The van der Waals surface area contributed by atoms with Crippen LogP contribution < -0.4 is 0 Å². The minimum atomic E-state index is -4.40. The molecule has 0 atom stereocenters. The van der Waals surface area contributed by atoms with E-state index in [1.54, 1.807) is 20.8 Å². The zero-order chi connectivity index (χ0) is 19.4. The van der Waals surface area contributed by atoms with Gasteiger partial charge in [0, 0.05) is 13.0 Å². The van der Waals surface area contributed by atoms with Crippen molar-refractivity contribution in [2.24, 2.45) is 5.16 Å². The Kier molecular flexibility index (Phi) is 6.15. The Hall–Kier alpha value is -2.25. The molecule has 1 aliphatic rings. The molecule has 8 heteroatoms. The number of amides is 1. The number of carbonyl (C=O) groups is 1. The third-order valence-corrected chi connectivity index (χ3v) is 3.61. The van der Waals surface area contributed by atoms with Crippen molar-refractivity contribution in [2.45, 2.75) is 58.4 Å². The number of nitrogens with zero attached hydrogens (tertiary/aromatic N) is 2. The fourth-order valence-corrected chi connectivity index (χ4v) is 2.44. The predicted molar refractivity (Wildman–Crippen MR) is 90.5 cm³/mol. The van der Waals surface area contributed by atoms with Gasteiger partial charge in [-0.25, -0.2) is 4.79 Å². The Morgan fingerprint density at radius 1 is 1.23 bits per heavy atom. The summed E-state index contributed by atoms with van der Waals surface area (Å²) < 4.78 is 43.5. The molecule has 1 saturated heterocycles. The summed E-state index contributed by atoms with van der Waals surface area (Å²) in [6.07, 6.45) is -2.68. The lowest BCUT2D eigenvalue weighted by Gasteiger charge is -2.30. The predicted octanol–water partition coefficient (Wildman–Crippen LogP) is 4.96. The molecule has 0 aromatic heterocycles. The van der Waals surface area contributed by atoms with Crippen molar-refractivity contribution in [1.82, 2.24) is 4.90 Å². The minimum absolute atomic E-state index is 0.115. The fourth-order valence-electron chi connectivity index (χ4n) is 2.44. The van der Waals surface area contributed by atoms with Crippen LogP contribution in [0.15, 0.2) is 29.4 Å². The van der Waals surface area contributed by atoms with Crippen LogP contribution in [-0.4, -0.2) is 29.0 Å². The number of carbonyl (C=O) groups excluding carboxylic acids is 1. The van der Waals surface area contributed by atoms with Gasteiger partial charge >= 0.3 is 12.3 Å². The SMILES string of the molecule is CC(C)(C)OC(=O)N1CCCCC1=NOCc1cccc(C(F)(F)F)c1. The molecular weight excluding hydrogens is 349 g/mol. The van der Waals surface area contributed by atoms with Gasteiger partial charge in [-0.05, 0) is 51.3 Å². The number of hydrogen-bond acceptors (Lipinski definition) is 4. The topological polar surface area (TPSA) is 51.1 Å². The summed E-state index contributed by atoms with van der Waals surface area (Å²) in [6.45, 7) is 5.68. The Balaban J connectivity index is 2.02. The Bertz CT molecular complexity index is 666. The summed E-state index contributed by atoms with van der Waals surface area (Å²) in [4.78, 5) is 18.9. The van der Waals surface area contributed by atoms with Crippen LogP contribution in [0.1, 0.15) is 51.2 Å². The number of rotatable bonds is 3. The summed E-state index contributed by atoms with van der Waals surface area (Å²) in [6, 6.07) is 4.87. The zero-order valence-corrected chi connectivity index (χ0v) is 15.1. The van der Waals surface area contributed by atoms with E-state index in [0.717, 1.165) is 25.0 Å². The van der Waals surface area contributed by atoms with Crippen molar-refractivity contribution in [3.63, 3.8) is 0 Å². The number of ether oxygens (including phenoxy) is 1. The molecule has 2 rings (SSSR count). The summed E-state index contributed by atoms with van der Waals surface area (Å²) in [5.41, 5.74) is -1.01. The van der Waals surface area contributed by atoms with Crippen LogP contribution in [0.3, 0.4) is 0 Å². The standard InChI is InChI=1S/C18H23F3N2O3/c1-17(2,3)26-16(24)23-10-5-4-9-15(23)22-25-12-13-7-6-8-14(11-13)18(19,20)21/h6-8,11H,4-5,9-10,12H2,1-3H3. The lowest BCUT2D eigenvalue weighted by atomic mass is 10.1. The van der Waals surface area contributed by atoms with Crippen LogP contribution in [0.4, 0.5) is 18.0 Å². The molecule has 1 amide bonds. The Morgan fingerprint density at radius 2 is 1.96 bits per heavy atom. The van der Waals surface area contributed by atoms with Crippen LogP contribution in [0.2, 0.25) is 0 Å². The number of halogens is 3. The lowest BCUT2D eigenvalue weighted by molar-refractivity contribution is -0.137. The average molecular weight is 372 g/mol. The number of alkyl halides is 3. The lowest BCUT2D eigenvalue weighted by Crippen LogP contribution is -2.43. The van der Waals surface area contributed by atoms with E-state index in [0.29, 0.717) is 24.4 Å². The molecule has 5 nitrogen and oxygen atoms in total. The van der Waals surface area contributed by atoms with E-state index in [9.17, 15) is 18.0 Å². The van der Waals surface area contributed by atoms with E-state index >= 15 is 0 Å². The van der Waals surface area contributed by atoms with E-state index in [-0.39, 0.29) is 6.61 Å². The van der Waals surface area contributed by atoms with Crippen LogP contribution in [0.25, 0.3) is 0 Å². The summed E-state index contributed by atoms with van der Waals surface area (Å²) in [7, 11) is 0. The van der Waals surface area contributed by atoms with E-state index in [1.165, 1.54) is 17.0 Å². The molecule has 1 aliphatic heterocycles. The molecular formula is C18H23F3N2O3. The van der Waals surface area contributed by atoms with Crippen molar-refractivity contribution >= 4 is 11.9 Å². The summed E-state index contributed by atoms with van der Waals surface area (Å²) >= 11 is 0. The third kappa shape index (κ3) is 5.93. The number of piperidine rings is 1. The highest BCUT2D eigenvalue weighted by Crippen LogP contribution is 2.29. The number of amidine groups is 1. The van der Waals surface area contributed by atoms with Gasteiger partial charge < -0.3 is 9.57 Å². The monoisotopic (exact) mass is 372 g/mol. The molecule has 0 aliphatic carbocycles. The second-order valence-corrected chi connectivity index (χ2v) is 7.07. The maximum atomic E-state index is 12.7. The first kappa shape index (κ1) is 20.1. The van der Waals surface area contributed by atoms with Crippen molar-refractivity contribution < 1.29 is 27.5 Å². The second-order valence-electron chi connectivity index (χ2n) is 7.07. The van der Waals surface area contributed by atoms with Gasteiger partial charge in [0.05, 0.1) is 5.56 Å². The molecule has 0 saturated carbocycles. The minimum Gasteiger partial charge on any atom is -0.443 e. The molecule has 0 N–H and O–H groups in total. The van der Waals surface area contributed by atoms with Crippen LogP contribution in [0, 0.1) is 0 Å². The Labute approximate surface area is 150 Å². The van der Waals surface area contributed by atoms with Crippen molar-refractivity contribution in [3.8, 4) is 0 Å². The molecule has 0 unspecified atom stereocenters. The molecule has 0 bridgehead atoms. The number of hydrogen-bond donors (Lipinski definition) is 0. The van der Waals surface area contributed by atoms with E-state index in [2.05, 4.69) is 5.16 Å². The van der Waals surface area contributed by atoms with Gasteiger partial charge in [-0.2, -0.15) is 13.2 Å². The van der Waals surface area contributed by atoms with E-state index < -0.39 is 23.4 Å². The quantitative estimate of drug-likeness (QED) is 0.705. The molecule has 1 heterocycles.